The number of benzene rings is 1. The number of anilines is 2. The average Bonchev–Trinajstić information content (AvgIpc) is 2.79. The first-order valence-corrected chi connectivity index (χ1v) is 10.0. The lowest BCUT2D eigenvalue weighted by molar-refractivity contribution is 0.0743. The fourth-order valence-electron chi connectivity index (χ4n) is 3.89. The zero-order valence-corrected chi connectivity index (χ0v) is 16.4. The normalized spacial score (nSPS) is 17.5. The van der Waals surface area contributed by atoms with E-state index in [-0.39, 0.29) is 5.91 Å². The van der Waals surface area contributed by atoms with E-state index in [4.69, 9.17) is 9.72 Å². The Balaban J connectivity index is 1.41. The van der Waals surface area contributed by atoms with E-state index in [0.29, 0.717) is 24.4 Å². The maximum absolute atomic E-state index is 12.9. The van der Waals surface area contributed by atoms with Crippen molar-refractivity contribution in [3.63, 3.8) is 0 Å². The number of nitrogens with zero attached hydrogens (tertiary/aromatic N) is 5. The molecule has 148 valence electrons. The van der Waals surface area contributed by atoms with Crippen molar-refractivity contribution in [2.45, 2.75) is 19.3 Å². The predicted molar refractivity (Wildman–Crippen MR) is 109 cm³/mol. The third kappa shape index (κ3) is 3.88. The number of ether oxygens (including phenoxy) is 1. The Morgan fingerprint density at radius 3 is 2.43 bits per heavy atom. The largest absolute Gasteiger partial charge is 0.496 e. The minimum absolute atomic E-state index is 0.0220. The van der Waals surface area contributed by atoms with Crippen LogP contribution in [-0.4, -0.2) is 67.2 Å². The second-order valence-corrected chi connectivity index (χ2v) is 7.24. The molecule has 1 aromatic heterocycles. The lowest BCUT2D eigenvalue weighted by Crippen LogP contribution is -2.49. The summed E-state index contributed by atoms with van der Waals surface area (Å²) in [5.74, 6) is 2.41. The Labute approximate surface area is 165 Å². The van der Waals surface area contributed by atoms with E-state index < -0.39 is 0 Å². The third-order valence-corrected chi connectivity index (χ3v) is 5.50. The molecule has 1 aromatic carbocycles. The van der Waals surface area contributed by atoms with E-state index in [1.807, 2.05) is 41.4 Å². The van der Waals surface area contributed by atoms with Gasteiger partial charge in [0.15, 0.2) is 0 Å². The van der Waals surface area contributed by atoms with Crippen LogP contribution in [0.5, 0.6) is 5.75 Å². The van der Waals surface area contributed by atoms with Crippen LogP contribution in [0, 0.1) is 0 Å². The molecule has 2 saturated heterocycles. The monoisotopic (exact) mass is 381 g/mol. The SMILES string of the molecule is COc1ccccc1C(=O)N1CCN(c2ccnc(N3CCCCC3)n2)CC1. The molecular formula is C21H27N5O2. The molecule has 4 rings (SSSR count). The Kier molecular flexibility index (Phi) is 5.60. The molecule has 2 aliphatic heterocycles. The van der Waals surface area contributed by atoms with Crippen LogP contribution in [0.2, 0.25) is 0 Å². The molecule has 2 fully saturated rings. The summed E-state index contributed by atoms with van der Waals surface area (Å²) in [7, 11) is 1.60. The number of hydrogen-bond donors (Lipinski definition) is 0. The van der Waals surface area contributed by atoms with Gasteiger partial charge < -0.3 is 19.4 Å². The topological polar surface area (TPSA) is 61.8 Å². The van der Waals surface area contributed by atoms with Gasteiger partial charge in [-0.15, -0.1) is 0 Å². The zero-order valence-electron chi connectivity index (χ0n) is 16.4. The number of amides is 1. The number of piperazine rings is 1. The predicted octanol–water partition coefficient (Wildman–Crippen LogP) is 2.44. The Hall–Kier alpha value is -2.83. The molecule has 0 spiro atoms. The fraction of sp³-hybridized carbons (Fsp3) is 0.476. The quantitative estimate of drug-likeness (QED) is 0.811. The second kappa shape index (κ2) is 8.46. The summed E-state index contributed by atoms with van der Waals surface area (Å²) in [5.41, 5.74) is 0.618. The molecule has 0 N–H and O–H groups in total. The smallest absolute Gasteiger partial charge is 0.257 e. The van der Waals surface area contributed by atoms with Crippen molar-refractivity contribution < 1.29 is 9.53 Å². The first kappa shape index (κ1) is 18.5. The van der Waals surface area contributed by atoms with Crippen LogP contribution in [0.3, 0.4) is 0 Å². The van der Waals surface area contributed by atoms with E-state index in [1.54, 1.807) is 7.11 Å². The van der Waals surface area contributed by atoms with Gasteiger partial charge in [-0.3, -0.25) is 4.79 Å². The van der Waals surface area contributed by atoms with Gasteiger partial charge in [-0.1, -0.05) is 12.1 Å². The summed E-state index contributed by atoms with van der Waals surface area (Å²) in [5, 5.41) is 0. The van der Waals surface area contributed by atoms with Crippen LogP contribution in [0.4, 0.5) is 11.8 Å². The lowest BCUT2D eigenvalue weighted by Gasteiger charge is -2.36. The highest BCUT2D eigenvalue weighted by Gasteiger charge is 2.25. The number of piperidine rings is 1. The molecule has 0 saturated carbocycles. The van der Waals surface area contributed by atoms with Crippen LogP contribution in [0.25, 0.3) is 0 Å². The Bertz CT molecular complexity index is 814. The summed E-state index contributed by atoms with van der Waals surface area (Å²) < 4.78 is 5.34. The van der Waals surface area contributed by atoms with E-state index in [0.717, 1.165) is 37.9 Å². The van der Waals surface area contributed by atoms with Crippen LogP contribution in [0.1, 0.15) is 29.6 Å². The van der Waals surface area contributed by atoms with Crippen molar-refractivity contribution in [1.82, 2.24) is 14.9 Å². The Morgan fingerprint density at radius 2 is 1.68 bits per heavy atom. The van der Waals surface area contributed by atoms with Crippen molar-refractivity contribution in [2.24, 2.45) is 0 Å². The highest BCUT2D eigenvalue weighted by atomic mass is 16.5. The molecule has 28 heavy (non-hydrogen) atoms. The van der Waals surface area contributed by atoms with Gasteiger partial charge in [0.05, 0.1) is 12.7 Å². The van der Waals surface area contributed by atoms with Crippen molar-refractivity contribution >= 4 is 17.7 Å². The van der Waals surface area contributed by atoms with Crippen LogP contribution >= 0.6 is 0 Å². The fourth-order valence-corrected chi connectivity index (χ4v) is 3.89. The molecular weight excluding hydrogens is 354 g/mol. The van der Waals surface area contributed by atoms with Gasteiger partial charge in [0.1, 0.15) is 11.6 Å². The van der Waals surface area contributed by atoms with Gasteiger partial charge in [0.2, 0.25) is 5.95 Å². The van der Waals surface area contributed by atoms with Crippen LogP contribution in [-0.2, 0) is 0 Å². The lowest BCUT2D eigenvalue weighted by atomic mass is 10.1. The van der Waals surface area contributed by atoms with Gasteiger partial charge >= 0.3 is 0 Å². The zero-order chi connectivity index (χ0) is 19.3. The van der Waals surface area contributed by atoms with E-state index in [9.17, 15) is 4.79 Å². The molecule has 3 heterocycles. The molecule has 0 radical (unpaired) electrons. The second-order valence-electron chi connectivity index (χ2n) is 7.24. The average molecular weight is 381 g/mol. The van der Waals surface area contributed by atoms with Gasteiger partial charge in [-0.25, -0.2) is 4.98 Å². The van der Waals surface area contributed by atoms with Gasteiger partial charge in [-0.05, 0) is 37.5 Å². The molecule has 1 amide bonds. The van der Waals surface area contributed by atoms with E-state index in [1.165, 1.54) is 19.3 Å². The summed E-state index contributed by atoms with van der Waals surface area (Å²) in [6.07, 6.45) is 5.55. The highest BCUT2D eigenvalue weighted by Crippen LogP contribution is 2.22. The molecule has 0 aliphatic carbocycles. The minimum atomic E-state index is 0.0220. The summed E-state index contributed by atoms with van der Waals surface area (Å²) in [6, 6.07) is 9.36. The maximum atomic E-state index is 12.9. The minimum Gasteiger partial charge on any atom is -0.496 e. The van der Waals surface area contributed by atoms with Crippen molar-refractivity contribution in [1.29, 1.82) is 0 Å². The molecule has 7 nitrogen and oxygen atoms in total. The van der Waals surface area contributed by atoms with Gasteiger partial charge in [-0.2, -0.15) is 4.98 Å². The molecule has 7 heteroatoms. The molecule has 0 bridgehead atoms. The summed E-state index contributed by atoms with van der Waals surface area (Å²) in [6.45, 7) is 4.92. The highest BCUT2D eigenvalue weighted by molar-refractivity contribution is 5.97. The van der Waals surface area contributed by atoms with Crippen LogP contribution in [0.15, 0.2) is 36.5 Å². The van der Waals surface area contributed by atoms with Crippen molar-refractivity contribution in [3.05, 3.63) is 42.1 Å². The number of carbonyl (C=O) groups is 1. The number of methoxy groups -OCH3 is 1. The standard InChI is InChI=1S/C21H27N5O2/c1-28-18-8-4-3-7-17(18)20(27)25-15-13-24(14-16-25)19-9-10-22-21(23-19)26-11-5-2-6-12-26/h3-4,7-10H,2,5-6,11-16H2,1H3. The first-order chi connectivity index (χ1) is 13.8. The summed E-state index contributed by atoms with van der Waals surface area (Å²) in [4.78, 5) is 28.5. The van der Waals surface area contributed by atoms with Crippen molar-refractivity contribution in [3.8, 4) is 5.75 Å². The molecule has 0 unspecified atom stereocenters. The van der Waals surface area contributed by atoms with Gasteiger partial charge in [0.25, 0.3) is 5.91 Å². The number of carbonyl (C=O) groups excluding carboxylic acids is 1. The maximum Gasteiger partial charge on any atom is 0.257 e. The van der Waals surface area contributed by atoms with Crippen molar-refractivity contribution in [2.75, 3.05) is 56.2 Å². The number of para-hydroxylation sites is 1. The molecule has 2 aromatic rings. The van der Waals surface area contributed by atoms with Crippen LogP contribution < -0.4 is 14.5 Å². The molecule has 0 atom stereocenters. The number of hydrogen-bond acceptors (Lipinski definition) is 6. The number of rotatable bonds is 4. The number of aromatic nitrogens is 2. The molecule has 2 aliphatic rings. The Morgan fingerprint density at radius 1 is 0.929 bits per heavy atom. The first-order valence-electron chi connectivity index (χ1n) is 10.0. The summed E-state index contributed by atoms with van der Waals surface area (Å²) >= 11 is 0. The van der Waals surface area contributed by atoms with E-state index in [2.05, 4.69) is 14.8 Å². The van der Waals surface area contributed by atoms with E-state index >= 15 is 0 Å². The van der Waals surface area contributed by atoms with Gasteiger partial charge in [0, 0.05) is 45.5 Å². The third-order valence-electron chi connectivity index (χ3n) is 5.50.